The molecule has 1 aromatic carbocycles. The van der Waals surface area contributed by atoms with E-state index < -0.39 is 0 Å². The maximum Gasteiger partial charge on any atom is 0.280 e. The third kappa shape index (κ3) is 1.98. The molecule has 7 heteroatoms. The largest absolute Gasteiger partial charge is 0.352 e. The molecule has 0 spiro atoms. The van der Waals surface area contributed by atoms with Crippen LogP contribution in [0.5, 0.6) is 0 Å². The Morgan fingerprint density at radius 1 is 1.22 bits per heavy atom. The van der Waals surface area contributed by atoms with Gasteiger partial charge in [-0.25, -0.2) is 11.0 Å². The second-order valence-corrected chi connectivity index (χ2v) is 3.78. The molecule has 3 rings (SSSR count). The Hall–Kier alpha value is -2.54. The van der Waals surface area contributed by atoms with Crippen LogP contribution in [0.4, 0.5) is 17.5 Å². The number of hydrogen-bond donors (Lipinski definition) is 4. The molecule has 0 atom stereocenters. The summed E-state index contributed by atoms with van der Waals surface area (Å²) in [6, 6.07) is 9.83. The van der Waals surface area contributed by atoms with Gasteiger partial charge in [-0.1, -0.05) is 30.3 Å². The molecule has 18 heavy (non-hydrogen) atoms. The maximum absolute atomic E-state index is 11.6. The Morgan fingerprint density at radius 2 is 2.06 bits per heavy atom. The van der Waals surface area contributed by atoms with E-state index in [0.717, 1.165) is 5.56 Å². The van der Waals surface area contributed by atoms with Gasteiger partial charge in [-0.3, -0.25) is 9.78 Å². The van der Waals surface area contributed by atoms with Crippen LogP contribution in [0.15, 0.2) is 35.1 Å². The molecule has 1 aliphatic rings. The van der Waals surface area contributed by atoms with E-state index in [1.165, 1.54) is 0 Å². The standard InChI is InChI=1S/C11H11N5O2/c17-10-8-9(16-18-15-8)13-11(14-10)12-6-7-4-2-1-3-5-7/h1-5,15H,6H2,(H3,12,13,14,16,17). The zero-order chi connectivity index (χ0) is 12.4. The van der Waals surface area contributed by atoms with Gasteiger partial charge in [-0.15, -0.1) is 0 Å². The Kier molecular flexibility index (Phi) is 2.58. The lowest BCUT2D eigenvalue weighted by Crippen LogP contribution is -2.14. The van der Waals surface area contributed by atoms with Crippen molar-refractivity contribution in [3.05, 3.63) is 46.2 Å². The fourth-order valence-corrected chi connectivity index (χ4v) is 1.63. The molecule has 0 fully saturated rings. The molecule has 4 N–H and O–H groups in total. The molecule has 7 nitrogen and oxygen atoms in total. The number of anilines is 3. The van der Waals surface area contributed by atoms with E-state index in [2.05, 4.69) is 26.2 Å². The van der Waals surface area contributed by atoms with Crippen molar-refractivity contribution in [2.75, 3.05) is 16.3 Å². The topological polar surface area (TPSA) is 91.1 Å². The molecule has 0 saturated heterocycles. The summed E-state index contributed by atoms with van der Waals surface area (Å²) < 4.78 is 0. The van der Waals surface area contributed by atoms with Gasteiger partial charge in [0.15, 0.2) is 11.5 Å². The van der Waals surface area contributed by atoms with Crippen molar-refractivity contribution in [1.29, 1.82) is 0 Å². The van der Waals surface area contributed by atoms with Gasteiger partial charge in [0.1, 0.15) is 0 Å². The quantitative estimate of drug-likeness (QED) is 0.646. The summed E-state index contributed by atoms with van der Waals surface area (Å²) in [5, 5.41) is 3.04. The Bertz CT molecular complexity index is 611. The number of nitrogens with zero attached hydrogens (tertiary/aromatic N) is 1. The molecule has 0 aliphatic carbocycles. The normalized spacial score (nSPS) is 12.4. The van der Waals surface area contributed by atoms with Crippen LogP contribution in [0.25, 0.3) is 0 Å². The summed E-state index contributed by atoms with van der Waals surface area (Å²) in [4.78, 5) is 23.1. The average molecular weight is 245 g/mol. The predicted molar refractivity (Wildman–Crippen MR) is 67.0 cm³/mol. The van der Waals surface area contributed by atoms with Crippen LogP contribution in [0.2, 0.25) is 0 Å². The van der Waals surface area contributed by atoms with Crippen LogP contribution in [0, 0.1) is 0 Å². The average Bonchev–Trinajstić information content (AvgIpc) is 2.86. The first-order valence-electron chi connectivity index (χ1n) is 5.43. The molecule has 0 unspecified atom stereocenters. The molecule has 0 amide bonds. The third-order valence-electron chi connectivity index (χ3n) is 2.52. The zero-order valence-electron chi connectivity index (χ0n) is 9.36. The SMILES string of the molecule is O=c1[nH]c(NCc2ccccc2)nc2c1NON2. The fourth-order valence-electron chi connectivity index (χ4n) is 1.63. The number of fused-ring (bicyclic) bond motifs is 1. The van der Waals surface area contributed by atoms with Gasteiger partial charge in [0.25, 0.3) is 5.56 Å². The molecule has 2 heterocycles. The maximum atomic E-state index is 11.6. The fraction of sp³-hybridized carbons (Fsp3) is 0.0909. The summed E-state index contributed by atoms with van der Waals surface area (Å²) in [6.45, 7) is 0.580. The van der Waals surface area contributed by atoms with E-state index in [9.17, 15) is 4.79 Å². The van der Waals surface area contributed by atoms with Gasteiger partial charge >= 0.3 is 0 Å². The summed E-state index contributed by atoms with van der Waals surface area (Å²) in [7, 11) is 0. The molecule has 92 valence electrons. The molecule has 0 bridgehead atoms. The van der Waals surface area contributed by atoms with E-state index in [1.807, 2.05) is 30.3 Å². The van der Waals surface area contributed by atoms with Crippen LogP contribution in [0.3, 0.4) is 0 Å². The van der Waals surface area contributed by atoms with Crippen LogP contribution >= 0.6 is 0 Å². The van der Waals surface area contributed by atoms with Crippen LogP contribution < -0.4 is 21.8 Å². The Labute approximate surface area is 102 Å². The smallest absolute Gasteiger partial charge is 0.280 e. The summed E-state index contributed by atoms with van der Waals surface area (Å²) in [5.41, 5.74) is 6.01. The number of H-pyrrole nitrogens is 1. The van der Waals surface area contributed by atoms with Crippen molar-refractivity contribution in [1.82, 2.24) is 9.97 Å². The lowest BCUT2D eigenvalue weighted by atomic mass is 10.2. The minimum atomic E-state index is -0.291. The minimum absolute atomic E-state index is 0.278. The predicted octanol–water partition coefficient (Wildman–Crippen LogP) is 1.07. The van der Waals surface area contributed by atoms with Gasteiger partial charge in [0.05, 0.1) is 0 Å². The summed E-state index contributed by atoms with van der Waals surface area (Å²) >= 11 is 0. The molecule has 1 aromatic heterocycles. The highest BCUT2D eigenvalue weighted by atomic mass is 16.8. The van der Waals surface area contributed by atoms with Crippen molar-refractivity contribution in [3.63, 3.8) is 0 Å². The van der Waals surface area contributed by atoms with Gasteiger partial charge in [-0.2, -0.15) is 9.92 Å². The first-order chi connectivity index (χ1) is 8.83. The molecule has 1 aliphatic heterocycles. The minimum Gasteiger partial charge on any atom is -0.352 e. The third-order valence-corrected chi connectivity index (χ3v) is 2.52. The van der Waals surface area contributed by atoms with E-state index in [1.54, 1.807) is 0 Å². The number of nitrogens with one attached hydrogen (secondary N) is 4. The highest BCUT2D eigenvalue weighted by molar-refractivity contribution is 5.65. The van der Waals surface area contributed by atoms with E-state index in [0.29, 0.717) is 18.3 Å². The monoisotopic (exact) mass is 245 g/mol. The first-order valence-corrected chi connectivity index (χ1v) is 5.43. The highest BCUT2D eigenvalue weighted by Crippen LogP contribution is 2.20. The van der Waals surface area contributed by atoms with Gasteiger partial charge in [0, 0.05) is 6.54 Å². The highest BCUT2D eigenvalue weighted by Gasteiger charge is 2.17. The van der Waals surface area contributed by atoms with Crippen molar-refractivity contribution in [2.45, 2.75) is 6.54 Å². The second kappa shape index (κ2) is 4.38. The van der Waals surface area contributed by atoms with Crippen LogP contribution in [-0.4, -0.2) is 9.97 Å². The molecular weight excluding hydrogens is 234 g/mol. The number of hydrogen-bond acceptors (Lipinski definition) is 6. The number of aromatic amines is 1. The van der Waals surface area contributed by atoms with E-state index >= 15 is 0 Å². The van der Waals surface area contributed by atoms with Gasteiger partial charge in [-0.05, 0) is 5.56 Å². The lowest BCUT2D eigenvalue weighted by molar-refractivity contribution is 0.281. The molecule has 0 saturated carbocycles. The zero-order valence-corrected chi connectivity index (χ0v) is 9.36. The van der Waals surface area contributed by atoms with Crippen molar-refractivity contribution < 1.29 is 4.94 Å². The lowest BCUT2D eigenvalue weighted by Gasteiger charge is -2.05. The molecule has 2 aromatic rings. The second-order valence-electron chi connectivity index (χ2n) is 3.78. The Morgan fingerprint density at radius 3 is 2.89 bits per heavy atom. The van der Waals surface area contributed by atoms with Gasteiger partial charge in [0.2, 0.25) is 5.95 Å². The molecule has 0 radical (unpaired) electrons. The van der Waals surface area contributed by atoms with Gasteiger partial charge < -0.3 is 5.32 Å². The van der Waals surface area contributed by atoms with Crippen LogP contribution in [0.1, 0.15) is 5.56 Å². The number of rotatable bonds is 3. The van der Waals surface area contributed by atoms with Crippen molar-refractivity contribution >= 4 is 17.5 Å². The van der Waals surface area contributed by atoms with E-state index in [4.69, 9.17) is 4.94 Å². The summed E-state index contributed by atoms with van der Waals surface area (Å²) in [6.07, 6.45) is 0. The number of benzene rings is 1. The van der Waals surface area contributed by atoms with Crippen molar-refractivity contribution in [2.24, 2.45) is 0 Å². The summed E-state index contributed by atoms with van der Waals surface area (Å²) in [5.74, 6) is 0.761. The molecular formula is C11H11N5O2. The first kappa shape index (κ1) is 10.6. The number of aromatic nitrogens is 2. The Balaban J connectivity index is 1.78. The van der Waals surface area contributed by atoms with Crippen molar-refractivity contribution in [3.8, 4) is 0 Å². The van der Waals surface area contributed by atoms with E-state index in [-0.39, 0.29) is 11.2 Å². The van der Waals surface area contributed by atoms with Crippen LogP contribution in [-0.2, 0) is 11.5 Å².